The fourth-order valence-electron chi connectivity index (χ4n) is 1.70. The van der Waals surface area contributed by atoms with Crippen molar-refractivity contribution < 1.29 is 19.1 Å². The van der Waals surface area contributed by atoms with E-state index in [4.69, 9.17) is 27.9 Å². The molecular formula is C15H18Cl2N2O4S. The highest BCUT2D eigenvalue weighted by atomic mass is 35.5. The minimum absolute atomic E-state index is 0.183. The molecule has 0 bridgehead atoms. The number of hydrogen-bond acceptors (Lipinski definition) is 5. The van der Waals surface area contributed by atoms with E-state index in [1.54, 1.807) is 0 Å². The van der Waals surface area contributed by atoms with Gasteiger partial charge in [0.05, 0.1) is 10.6 Å². The number of carbonyl (C=O) groups excluding carboxylic acids is 3. The lowest BCUT2D eigenvalue weighted by atomic mass is 10.1. The lowest BCUT2D eigenvalue weighted by Gasteiger charge is -2.17. The Bertz CT molecular complexity index is 613. The van der Waals surface area contributed by atoms with Gasteiger partial charge in [-0.25, -0.2) is 4.79 Å². The van der Waals surface area contributed by atoms with Crippen molar-refractivity contribution in [3.63, 3.8) is 0 Å². The highest BCUT2D eigenvalue weighted by molar-refractivity contribution is 7.98. The number of benzene rings is 1. The number of thioether (sulfide) groups is 1. The Labute approximate surface area is 154 Å². The van der Waals surface area contributed by atoms with Crippen LogP contribution in [0.3, 0.4) is 0 Å². The van der Waals surface area contributed by atoms with Crippen LogP contribution in [0, 0.1) is 0 Å². The van der Waals surface area contributed by atoms with Crippen LogP contribution in [0.5, 0.6) is 0 Å². The van der Waals surface area contributed by atoms with Crippen molar-refractivity contribution in [1.82, 2.24) is 10.6 Å². The number of hydrogen-bond donors (Lipinski definition) is 2. The molecule has 2 amide bonds. The number of amides is 2. The summed E-state index contributed by atoms with van der Waals surface area (Å²) in [4.78, 5) is 35.6. The van der Waals surface area contributed by atoms with Gasteiger partial charge in [0, 0.05) is 12.1 Å². The van der Waals surface area contributed by atoms with E-state index in [-0.39, 0.29) is 10.6 Å². The van der Waals surface area contributed by atoms with Gasteiger partial charge in [-0.05, 0) is 36.6 Å². The van der Waals surface area contributed by atoms with E-state index in [0.29, 0.717) is 17.2 Å². The Morgan fingerprint density at radius 3 is 2.58 bits per heavy atom. The van der Waals surface area contributed by atoms with Crippen molar-refractivity contribution in [2.24, 2.45) is 0 Å². The predicted octanol–water partition coefficient (Wildman–Crippen LogP) is 2.13. The molecule has 0 aromatic heterocycles. The third kappa shape index (κ3) is 6.59. The Hall–Kier alpha value is -1.44. The molecule has 0 fully saturated rings. The number of likely N-dealkylation sites (N-methyl/N-ethyl adjacent to an activating group) is 1. The van der Waals surface area contributed by atoms with Crippen LogP contribution in [0.4, 0.5) is 0 Å². The summed E-state index contributed by atoms with van der Waals surface area (Å²) in [6.07, 6.45) is 2.25. The number of ether oxygens (including phenoxy) is 1. The van der Waals surface area contributed by atoms with Gasteiger partial charge in [-0.2, -0.15) is 11.8 Å². The molecule has 0 radical (unpaired) electrons. The van der Waals surface area contributed by atoms with Crippen LogP contribution in [0.1, 0.15) is 16.8 Å². The zero-order valence-corrected chi connectivity index (χ0v) is 15.6. The first-order chi connectivity index (χ1) is 11.4. The van der Waals surface area contributed by atoms with E-state index < -0.39 is 30.4 Å². The number of esters is 1. The summed E-state index contributed by atoms with van der Waals surface area (Å²) in [6, 6.07) is 3.57. The smallest absolute Gasteiger partial charge is 0.329 e. The molecule has 6 nitrogen and oxygen atoms in total. The first-order valence-electron chi connectivity index (χ1n) is 7.01. The van der Waals surface area contributed by atoms with Crippen LogP contribution in [-0.2, 0) is 14.3 Å². The van der Waals surface area contributed by atoms with Gasteiger partial charge in [0.2, 0.25) is 0 Å². The maximum atomic E-state index is 12.3. The molecule has 0 saturated heterocycles. The molecule has 0 unspecified atom stereocenters. The third-order valence-electron chi connectivity index (χ3n) is 3.00. The Balaban J connectivity index is 2.78. The molecule has 1 atom stereocenters. The van der Waals surface area contributed by atoms with Gasteiger partial charge in [0.25, 0.3) is 11.8 Å². The summed E-state index contributed by atoms with van der Waals surface area (Å²) in [5, 5.41) is 5.51. The highest BCUT2D eigenvalue weighted by Gasteiger charge is 2.24. The number of nitrogens with one attached hydrogen (secondary N) is 2. The Kier molecular flexibility index (Phi) is 8.95. The maximum Gasteiger partial charge on any atom is 0.329 e. The summed E-state index contributed by atoms with van der Waals surface area (Å²) in [6.45, 7) is -0.400. The molecule has 0 aliphatic carbocycles. The van der Waals surface area contributed by atoms with Crippen molar-refractivity contribution in [3.05, 3.63) is 33.8 Å². The number of carbonyl (C=O) groups is 3. The van der Waals surface area contributed by atoms with Crippen LogP contribution in [0.15, 0.2) is 18.2 Å². The average Bonchev–Trinajstić information content (AvgIpc) is 2.55. The minimum atomic E-state index is -0.874. The first-order valence-corrected chi connectivity index (χ1v) is 9.16. The lowest BCUT2D eigenvalue weighted by molar-refractivity contribution is -0.150. The molecule has 0 aliphatic heterocycles. The Morgan fingerprint density at radius 2 is 2.00 bits per heavy atom. The van der Waals surface area contributed by atoms with Crippen LogP contribution in [0.2, 0.25) is 10.0 Å². The van der Waals surface area contributed by atoms with E-state index in [1.165, 1.54) is 37.0 Å². The van der Waals surface area contributed by atoms with E-state index in [9.17, 15) is 14.4 Å². The number of rotatable bonds is 8. The van der Waals surface area contributed by atoms with Crippen molar-refractivity contribution >= 4 is 52.7 Å². The number of halogens is 2. The topological polar surface area (TPSA) is 84.5 Å². The van der Waals surface area contributed by atoms with Crippen molar-refractivity contribution in [3.8, 4) is 0 Å². The third-order valence-corrected chi connectivity index (χ3v) is 4.19. The zero-order chi connectivity index (χ0) is 18.1. The van der Waals surface area contributed by atoms with E-state index in [0.717, 1.165) is 0 Å². The normalized spacial score (nSPS) is 11.5. The molecular weight excluding hydrogens is 375 g/mol. The molecule has 0 aliphatic rings. The molecule has 1 rings (SSSR count). The minimum Gasteiger partial charge on any atom is -0.454 e. The Morgan fingerprint density at radius 1 is 1.29 bits per heavy atom. The second-order valence-electron chi connectivity index (χ2n) is 4.71. The summed E-state index contributed by atoms with van der Waals surface area (Å²) >= 11 is 13.3. The molecule has 1 aromatic carbocycles. The first kappa shape index (κ1) is 20.6. The van der Waals surface area contributed by atoms with Crippen molar-refractivity contribution in [2.45, 2.75) is 12.5 Å². The van der Waals surface area contributed by atoms with Crippen LogP contribution in [-0.4, -0.2) is 49.5 Å². The van der Waals surface area contributed by atoms with Crippen LogP contribution >= 0.6 is 35.0 Å². The van der Waals surface area contributed by atoms with Gasteiger partial charge in [0.1, 0.15) is 6.04 Å². The largest absolute Gasteiger partial charge is 0.454 e. The molecule has 24 heavy (non-hydrogen) atoms. The van der Waals surface area contributed by atoms with Crippen LogP contribution < -0.4 is 10.6 Å². The van der Waals surface area contributed by atoms with Gasteiger partial charge >= 0.3 is 5.97 Å². The summed E-state index contributed by atoms with van der Waals surface area (Å²) in [5.74, 6) is -0.987. The van der Waals surface area contributed by atoms with E-state index >= 15 is 0 Å². The molecule has 0 spiro atoms. The fraction of sp³-hybridized carbons (Fsp3) is 0.400. The van der Waals surface area contributed by atoms with E-state index in [2.05, 4.69) is 10.6 Å². The standard InChI is InChI=1S/C15H18Cl2N2O4S/c1-18-13(20)8-23-15(22)12(5-6-24-2)19-14(21)10-4-3-9(16)7-11(10)17/h3-4,7,12H,5-6,8H2,1-2H3,(H,18,20)(H,19,21)/t12-/m1/s1. The highest BCUT2D eigenvalue weighted by Crippen LogP contribution is 2.21. The summed E-state index contributed by atoms with van der Waals surface area (Å²) < 4.78 is 4.91. The molecule has 9 heteroatoms. The molecule has 0 saturated carbocycles. The van der Waals surface area contributed by atoms with Gasteiger partial charge in [0.15, 0.2) is 6.61 Å². The van der Waals surface area contributed by atoms with Crippen molar-refractivity contribution in [2.75, 3.05) is 25.7 Å². The van der Waals surface area contributed by atoms with Gasteiger partial charge in [-0.3, -0.25) is 9.59 Å². The van der Waals surface area contributed by atoms with Gasteiger partial charge < -0.3 is 15.4 Å². The van der Waals surface area contributed by atoms with Gasteiger partial charge in [-0.15, -0.1) is 0 Å². The molecule has 0 heterocycles. The monoisotopic (exact) mass is 392 g/mol. The summed E-state index contributed by atoms with van der Waals surface area (Å²) in [7, 11) is 1.44. The average molecular weight is 393 g/mol. The SMILES string of the molecule is CNC(=O)COC(=O)[C@@H](CCSC)NC(=O)c1ccc(Cl)cc1Cl. The molecule has 132 valence electrons. The molecule has 2 N–H and O–H groups in total. The lowest BCUT2D eigenvalue weighted by Crippen LogP contribution is -2.43. The second kappa shape index (κ2) is 10.4. The van der Waals surface area contributed by atoms with E-state index in [1.807, 2.05) is 6.26 Å². The predicted molar refractivity (Wildman–Crippen MR) is 95.7 cm³/mol. The quantitative estimate of drug-likeness (QED) is 0.661. The fourth-order valence-corrected chi connectivity index (χ4v) is 2.67. The van der Waals surface area contributed by atoms with Crippen molar-refractivity contribution in [1.29, 1.82) is 0 Å². The zero-order valence-electron chi connectivity index (χ0n) is 13.2. The molecule has 1 aromatic rings. The summed E-state index contributed by atoms with van der Waals surface area (Å²) in [5.41, 5.74) is 0.203. The van der Waals surface area contributed by atoms with Gasteiger partial charge in [-0.1, -0.05) is 23.2 Å². The maximum absolute atomic E-state index is 12.3. The second-order valence-corrected chi connectivity index (χ2v) is 6.54. The van der Waals surface area contributed by atoms with Crippen LogP contribution in [0.25, 0.3) is 0 Å².